The van der Waals surface area contributed by atoms with Gasteiger partial charge in [-0.1, -0.05) is 26.0 Å². The zero-order chi connectivity index (χ0) is 16.5. The van der Waals surface area contributed by atoms with Gasteiger partial charge in [0.05, 0.1) is 19.6 Å². The van der Waals surface area contributed by atoms with Crippen LogP contribution >= 0.6 is 0 Å². The van der Waals surface area contributed by atoms with Gasteiger partial charge in [-0.3, -0.25) is 9.59 Å². The molecule has 1 aromatic rings. The van der Waals surface area contributed by atoms with Crippen LogP contribution in [0.4, 0.5) is 0 Å². The number of rotatable bonds is 8. The second-order valence-corrected chi connectivity index (χ2v) is 5.47. The molecule has 0 bridgehead atoms. The Morgan fingerprint density at radius 3 is 2.36 bits per heavy atom. The molecule has 0 aliphatic heterocycles. The third-order valence-electron chi connectivity index (χ3n) is 3.52. The lowest BCUT2D eigenvalue weighted by Crippen LogP contribution is -2.26. The van der Waals surface area contributed by atoms with Crippen molar-refractivity contribution in [2.75, 3.05) is 19.8 Å². The van der Waals surface area contributed by atoms with Crippen molar-refractivity contribution in [3.63, 3.8) is 0 Å². The minimum atomic E-state index is -0.319. The Kier molecular flexibility index (Phi) is 7.60. The van der Waals surface area contributed by atoms with Crippen molar-refractivity contribution in [2.24, 2.45) is 5.92 Å². The van der Waals surface area contributed by atoms with Gasteiger partial charge >= 0.3 is 5.97 Å². The zero-order valence-corrected chi connectivity index (χ0v) is 13.5. The molecule has 122 valence electrons. The summed E-state index contributed by atoms with van der Waals surface area (Å²) in [5, 5.41) is 12.1. The van der Waals surface area contributed by atoms with Gasteiger partial charge < -0.3 is 15.2 Å². The van der Waals surface area contributed by atoms with Gasteiger partial charge in [0, 0.05) is 18.0 Å². The smallest absolute Gasteiger partial charge is 0.307 e. The van der Waals surface area contributed by atoms with Crippen LogP contribution < -0.4 is 5.32 Å². The predicted octanol–water partition coefficient (Wildman–Crippen LogP) is 2.10. The zero-order valence-electron chi connectivity index (χ0n) is 13.5. The molecule has 1 rings (SSSR count). The van der Waals surface area contributed by atoms with Gasteiger partial charge in [0.25, 0.3) is 5.91 Å². The van der Waals surface area contributed by atoms with E-state index in [4.69, 9.17) is 4.74 Å². The third-order valence-corrected chi connectivity index (χ3v) is 3.52. The first-order valence-corrected chi connectivity index (χ1v) is 7.64. The highest BCUT2D eigenvalue weighted by molar-refractivity contribution is 5.94. The highest BCUT2D eigenvalue weighted by Gasteiger charge is 2.15. The number of carbonyl (C=O) groups is 2. The summed E-state index contributed by atoms with van der Waals surface area (Å²) in [5.41, 5.74) is 1.55. The maximum Gasteiger partial charge on any atom is 0.307 e. The van der Waals surface area contributed by atoms with Gasteiger partial charge in [0.15, 0.2) is 0 Å². The van der Waals surface area contributed by atoms with Crippen molar-refractivity contribution in [1.82, 2.24) is 5.32 Å². The summed E-state index contributed by atoms with van der Waals surface area (Å²) in [6.07, 6.45) is 0.164. The summed E-state index contributed by atoms with van der Waals surface area (Å²) in [4.78, 5) is 23.1. The Balaban J connectivity index is 2.55. The average Bonchev–Trinajstić information content (AvgIpc) is 2.48. The molecular formula is C17H25NO4. The maximum absolute atomic E-state index is 12.0. The van der Waals surface area contributed by atoms with Crippen molar-refractivity contribution in [1.29, 1.82) is 0 Å². The molecule has 0 aliphatic rings. The molecule has 5 heteroatoms. The fourth-order valence-corrected chi connectivity index (χ4v) is 2.20. The Hall–Kier alpha value is -1.88. The van der Waals surface area contributed by atoms with E-state index >= 15 is 0 Å². The predicted molar refractivity (Wildman–Crippen MR) is 84.7 cm³/mol. The van der Waals surface area contributed by atoms with E-state index < -0.39 is 0 Å². The minimum absolute atomic E-state index is 0.0703. The number of benzene rings is 1. The van der Waals surface area contributed by atoms with E-state index in [1.807, 2.05) is 12.1 Å². The van der Waals surface area contributed by atoms with Gasteiger partial charge in [-0.15, -0.1) is 0 Å². The Bertz CT molecular complexity index is 482. The number of hydrogen-bond donors (Lipinski definition) is 2. The quantitative estimate of drug-likeness (QED) is 0.721. The van der Waals surface area contributed by atoms with Crippen LogP contribution in [-0.4, -0.2) is 36.7 Å². The summed E-state index contributed by atoms with van der Waals surface area (Å²) < 4.78 is 4.79. The lowest BCUT2D eigenvalue weighted by molar-refractivity contribution is -0.142. The summed E-state index contributed by atoms with van der Waals surface area (Å²) in [6.45, 7) is 6.53. The first kappa shape index (κ1) is 18.2. The number of amides is 1. The molecule has 0 radical (unpaired) electrons. The molecule has 1 amide bonds. The van der Waals surface area contributed by atoms with Crippen LogP contribution in [0.25, 0.3) is 0 Å². The van der Waals surface area contributed by atoms with Crippen LogP contribution in [0.1, 0.15) is 49.0 Å². The standard InChI is InChI=1S/C17H25NO4/c1-4-22-16(20)9-10-18-17(21)14-7-5-13(6-8-14)15(11-19)12(2)3/h5-8,12,15,19H,4,9-11H2,1-3H3,(H,18,21). The van der Waals surface area contributed by atoms with Crippen molar-refractivity contribution in [3.05, 3.63) is 35.4 Å². The number of aliphatic hydroxyl groups is 1. The molecule has 0 aromatic heterocycles. The van der Waals surface area contributed by atoms with Crippen LogP contribution in [0.3, 0.4) is 0 Å². The topological polar surface area (TPSA) is 75.6 Å². The maximum atomic E-state index is 12.0. The first-order valence-electron chi connectivity index (χ1n) is 7.64. The normalized spacial score (nSPS) is 12.0. The molecule has 0 heterocycles. The molecule has 0 saturated heterocycles. The second kappa shape index (κ2) is 9.20. The number of aliphatic hydroxyl groups excluding tert-OH is 1. The number of hydrogen-bond acceptors (Lipinski definition) is 4. The summed E-state index contributed by atoms with van der Waals surface area (Å²) in [6, 6.07) is 7.20. The Labute approximate surface area is 131 Å². The monoisotopic (exact) mass is 307 g/mol. The second-order valence-electron chi connectivity index (χ2n) is 5.47. The summed E-state index contributed by atoms with van der Waals surface area (Å²) in [7, 11) is 0. The van der Waals surface area contributed by atoms with Crippen molar-refractivity contribution < 1.29 is 19.4 Å². The molecule has 0 spiro atoms. The molecule has 1 unspecified atom stereocenters. The van der Waals surface area contributed by atoms with E-state index in [1.54, 1.807) is 19.1 Å². The Morgan fingerprint density at radius 1 is 1.23 bits per heavy atom. The number of carbonyl (C=O) groups excluding carboxylic acids is 2. The third kappa shape index (κ3) is 5.48. The molecule has 2 N–H and O–H groups in total. The molecule has 0 fully saturated rings. The lowest BCUT2D eigenvalue weighted by atomic mass is 9.89. The number of nitrogens with one attached hydrogen (secondary N) is 1. The molecule has 1 aromatic carbocycles. The van der Waals surface area contributed by atoms with Crippen LogP contribution in [0, 0.1) is 5.92 Å². The van der Waals surface area contributed by atoms with E-state index in [2.05, 4.69) is 19.2 Å². The van der Waals surface area contributed by atoms with Gasteiger partial charge in [0.1, 0.15) is 0 Å². The summed E-state index contributed by atoms with van der Waals surface area (Å²) >= 11 is 0. The molecular weight excluding hydrogens is 282 g/mol. The molecule has 5 nitrogen and oxygen atoms in total. The van der Waals surface area contributed by atoms with Crippen LogP contribution in [0.5, 0.6) is 0 Å². The van der Waals surface area contributed by atoms with Crippen molar-refractivity contribution >= 4 is 11.9 Å². The molecule has 22 heavy (non-hydrogen) atoms. The number of esters is 1. The van der Waals surface area contributed by atoms with Crippen molar-refractivity contribution in [3.8, 4) is 0 Å². The molecule has 0 saturated carbocycles. The fourth-order valence-electron chi connectivity index (χ4n) is 2.20. The SMILES string of the molecule is CCOC(=O)CCNC(=O)c1ccc(C(CO)C(C)C)cc1. The van der Waals surface area contributed by atoms with E-state index in [0.717, 1.165) is 5.56 Å². The number of ether oxygens (including phenoxy) is 1. The highest BCUT2D eigenvalue weighted by atomic mass is 16.5. The van der Waals surface area contributed by atoms with Crippen LogP contribution in [0.15, 0.2) is 24.3 Å². The van der Waals surface area contributed by atoms with Crippen molar-refractivity contribution in [2.45, 2.75) is 33.1 Å². The average molecular weight is 307 g/mol. The van der Waals surface area contributed by atoms with Gasteiger partial charge in [0.2, 0.25) is 0 Å². The first-order chi connectivity index (χ1) is 10.5. The molecule has 1 atom stereocenters. The van der Waals surface area contributed by atoms with Gasteiger partial charge in [-0.2, -0.15) is 0 Å². The summed E-state index contributed by atoms with van der Waals surface area (Å²) in [5.74, 6) is -0.142. The van der Waals surface area contributed by atoms with Crippen LogP contribution in [0.2, 0.25) is 0 Å². The highest BCUT2D eigenvalue weighted by Crippen LogP contribution is 2.23. The van der Waals surface area contributed by atoms with Gasteiger partial charge in [-0.05, 0) is 30.5 Å². The Morgan fingerprint density at radius 2 is 1.86 bits per heavy atom. The van der Waals surface area contributed by atoms with Crippen LogP contribution in [-0.2, 0) is 9.53 Å². The van der Waals surface area contributed by atoms with E-state index in [0.29, 0.717) is 18.1 Å². The molecule has 0 aliphatic carbocycles. The van der Waals surface area contributed by atoms with E-state index in [9.17, 15) is 14.7 Å². The lowest BCUT2D eigenvalue weighted by Gasteiger charge is -2.18. The van der Waals surface area contributed by atoms with E-state index in [-0.39, 0.29) is 37.4 Å². The minimum Gasteiger partial charge on any atom is -0.466 e. The fraction of sp³-hybridized carbons (Fsp3) is 0.529. The van der Waals surface area contributed by atoms with Gasteiger partial charge in [-0.25, -0.2) is 0 Å². The van der Waals surface area contributed by atoms with E-state index in [1.165, 1.54) is 0 Å². The largest absolute Gasteiger partial charge is 0.466 e.